The molecule has 2 rings (SSSR count). The molecule has 1 unspecified atom stereocenters. The minimum absolute atomic E-state index is 0.139. The van der Waals surface area contributed by atoms with Crippen molar-refractivity contribution < 1.29 is 19.4 Å². The average molecular weight is 354 g/mol. The van der Waals surface area contributed by atoms with E-state index in [1.165, 1.54) is 30.3 Å². The van der Waals surface area contributed by atoms with Crippen LogP contribution in [0.3, 0.4) is 0 Å². The Hall–Kier alpha value is -2.24. The first-order valence-electron chi connectivity index (χ1n) is 6.63. The van der Waals surface area contributed by atoms with Gasteiger partial charge in [0.15, 0.2) is 6.10 Å². The molecule has 120 valence electrons. The summed E-state index contributed by atoms with van der Waals surface area (Å²) >= 11 is 11.8. The van der Waals surface area contributed by atoms with Gasteiger partial charge in [-0.3, -0.25) is 4.79 Å². The van der Waals surface area contributed by atoms with Crippen LogP contribution in [0.1, 0.15) is 17.3 Å². The highest BCUT2D eigenvalue weighted by molar-refractivity contribution is 6.35. The summed E-state index contributed by atoms with van der Waals surface area (Å²) in [5, 5.41) is 12.2. The fourth-order valence-corrected chi connectivity index (χ4v) is 2.21. The number of anilines is 1. The summed E-state index contributed by atoms with van der Waals surface area (Å²) in [5.74, 6) is -1.07. The van der Waals surface area contributed by atoms with Gasteiger partial charge in [0.2, 0.25) is 0 Å². The quantitative estimate of drug-likeness (QED) is 0.848. The van der Waals surface area contributed by atoms with E-state index in [9.17, 15) is 9.59 Å². The monoisotopic (exact) mass is 353 g/mol. The van der Waals surface area contributed by atoms with Crippen molar-refractivity contribution in [1.29, 1.82) is 0 Å². The highest BCUT2D eigenvalue weighted by atomic mass is 35.5. The van der Waals surface area contributed by atoms with Crippen LogP contribution in [0.2, 0.25) is 10.0 Å². The number of hydrogen-bond donors (Lipinski definition) is 2. The fraction of sp³-hybridized carbons (Fsp3) is 0.125. The van der Waals surface area contributed by atoms with Crippen LogP contribution < -0.4 is 10.1 Å². The summed E-state index contributed by atoms with van der Waals surface area (Å²) in [6.45, 7) is 1.58. The number of carbonyl (C=O) groups excluding carboxylic acids is 1. The maximum Gasteiger partial charge on any atom is 0.335 e. The van der Waals surface area contributed by atoms with Gasteiger partial charge in [-0.05, 0) is 49.4 Å². The molecule has 0 aliphatic heterocycles. The van der Waals surface area contributed by atoms with E-state index in [0.717, 1.165) is 0 Å². The average Bonchev–Trinajstić information content (AvgIpc) is 2.50. The van der Waals surface area contributed by atoms with Gasteiger partial charge >= 0.3 is 5.97 Å². The van der Waals surface area contributed by atoms with Crippen molar-refractivity contribution in [2.45, 2.75) is 13.0 Å². The molecule has 0 radical (unpaired) electrons. The summed E-state index contributed by atoms with van der Waals surface area (Å²) in [5.41, 5.74) is 0.609. The Labute approximate surface area is 142 Å². The zero-order valence-corrected chi connectivity index (χ0v) is 13.6. The number of benzene rings is 2. The molecule has 2 aromatic carbocycles. The van der Waals surface area contributed by atoms with Gasteiger partial charge in [0.05, 0.1) is 10.6 Å². The summed E-state index contributed by atoms with van der Waals surface area (Å²) in [6, 6.07) is 10.5. The molecule has 2 N–H and O–H groups in total. The number of carboxylic acids is 1. The predicted molar refractivity (Wildman–Crippen MR) is 88.6 cm³/mol. The molecule has 0 aromatic heterocycles. The molecule has 0 bridgehead atoms. The Kier molecular flexibility index (Phi) is 5.47. The molecule has 0 fully saturated rings. The molecule has 5 nitrogen and oxygen atoms in total. The van der Waals surface area contributed by atoms with Crippen molar-refractivity contribution in [1.82, 2.24) is 0 Å². The lowest BCUT2D eigenvalue weighted by Crippen LogP contribution is -2.30. The summed E-state index contributed by atoms with van der Waals surface area (Å²) in [4.78, 5) is 22.9. The molecule has 0 saturated carbocycles. The van der Waals surface area contributed by atoms with Crippen LogP contribution in [-0.4, -0.2) is 23.1 Å². The number of nitrogens with one attached hydrogen (secondary N) is 1. The number of carbonyl (C=O) groups is 2. The zero-order chi connectivity index (χ0) is 17.0. The molecule has 2 aromatic rings. The molecular weight excluding hydrogens is 341 g/mol. The van der Waals surface area contributed by atoms with E-state index in [4.69, 9.17) is 33.0 Å². The van der Waals surface area contributed by atoms with Gasteiger partial charge in [0.1, 0.15) is 5.75 Å². The van der Waals surface area contributed by atoms with Crippen LogP contribution in [0.4, 0.5) is 5.69 Å². The number of hydrogen-bond acceptors (Lipinski definition) is 3. The molecule has 0 aliphatic rings. The third-order valence-corrected chi connectivity index (χ3v) is 3.50. The van der Waals surface area contributed by atoms with E-state index in [1.807, 2.05) is 0 Å². The Morgan fingerprint density at radius 2 is 1.78 bits per heavy atom. The summed E-state index contributed by atoms with van der Waals surface area (Å²) < 4.78 is 5.50. The zero-order valence-electron chi connectivity index (χ0n) is 12.0. The first-order valence-corrected chi connectivity index (χ1v) is 7.38. The Bertz CT molecular complexity index is 731. The Balaban J connectivity index is 2.00. The van der Waals surface area contributed by atoms with Gasteiger partial charge in [-0.25, -0.2) is 4.79 Å². The number of rotatable bonds is 5. The third-order valence-electron chi connectivity index (χ3n) is 2.97. The van der Waals surface area contributed by atoms with Gasteiger partial charge < -0.3 is 15.2 Å². The van der Waals surface area contributed by atoms with E-state index in [1.54, 1.807) is 19.1 Å². The molecule has 23 heavy (non-hydrogen) atoms. The maximum atomic E-state index is 12.1. The highest BCUT2D eigenvalue weighted by Gasteiger charge is 2.16. The Morgan fingerprint density at radius 3 is 2.35 bits per heavy atom. The van der Waals surface area contributed by atoms with E-state index < -0.39 is 12.1 Å². The first-order chi connectivity index (χ1) is 10.9. The Morgan fingerprint density at radius 1 is 1.13 bits per heavy atom. The summed E-state index contributed by atoms with van der Waals surface area (Å²) in [7, 11) is 0. The van der Waals surface area contributed by atoms with Crippen molar-refractivity contribution in [3.8, 4) is 5.75 Å². The van der Waals surface area contributed by atoms with Crippen molar-refractivity contribution >= 4 is 40.8 Å². The topological polar surface area (TPSA) is 75.6 Å². The van der Waals surface area contributed by atoms with Crippen LogP contribution in [-0.2, 0) is 4.79 Å². The first kappa shape index (κ1) is 17.1. The van der Waals surface area contributed by atoms with Crippen LogP contribution in [0.25, 0.3) is 0 Å². The van der Waals surface area contributed by atoms with Crippen LogP contribution in [0, 0.1) is 0 Å². The number of ether oxygens (including phenoxy) is 1. The van der Waals surface area contributed by atoms with Crippen LogP contribution in [0.15, 0.2) is 42.5 Å². The van der Waals surface area contributed by atoms with Gasteiger partial charge in [-0.1, -0.05) is 23.2 Å². The minimum atomic E-state index is -1.03. The van der Waals surface area contributed by atoms with Crippen LogP contribution in [0.5, 0.6) is 5.75 Å². The second-order valence-electron chi connectivity index (χ2n) is 4.71. The molecule has 0 saturated heterocycles. The van der Waals surface area contributed by atoms with Crippen LogP contribution >= 0.6 is 23.2 Å². The molecule has 0 aliphatic carbocycles. The lowest BCUT2D eigenvalue weighted by atomic mass is 10.2. The predicted octanol–water partition coefficient (Wildman–Crippen LogP) is 4.10. The molecular formula is C16H13Cl2NO4. The van der Waals surface area contributed by atoms with E-state index in [0.29, 0.717) is 21.5 Å². The van der Waals surface area contributed by atoms with Crippen molar-refractivity contribution in [3.63, 3.8) is 0 Å². The smallest absolute Gasteiger partial charge is 0.335 e. The highest BCUT2D eigenvalue weighted by Crippen LogP contribution is 2.28. The maximum absolute atomic E-state index is 12.1. The number of carboxylic acid groups (broad SMARTS) is 1. The van der Waals surface area contributed by atoms with Crippen molar-refractivity contribution in [2.24, 2.45) is 0 Å². The molecule has 1 amide bonds. The fourth-order valence-electron chi connectivity index (χ4n) is 1.75. The van der Waals surface area contributed by atoms with E-state index in [-0.39, 0.29) is 11.5 Å². The van der Waals surface area contributed by atoms with Gasteiger partial charge in [0, 0.05) is 10.7 Å². The molecule has 7 heteroatoms. The van der Waals surface area contributed by atoms with Gasteiger partial charge in [-0.15, -0.1) is 0 Å². The molecule has 1 atom stereocenters. The molecule has 0 spiro atoms. The second kappa shape index (κ2) is 7.35. The second-order valence-corrected chi connectivity index (χ2v) is 5.55. The number of aromatic carboxylic acids is 1. The normalized spacial score (nSPS) is 11.6. The SMILES string of the molecule is CC(Oc1ccc(Cl)cc1Cl)C(=O)Nc1ccc(C(=O)O)cc1. The lowest BCUT2D eigenvalue weighted by Gasteiger charge is -2.15. The lowest BCUT2D eigenvalue weighted by molar-refractivity contribution is -0.122. The largest absolute Gasteiger partial charge is 0.479 e. The van der Waals surface area contributed by atoms with Crippen molar-refractivity contribution in [3.05, 3.63) is 58.1 Å². The molecule has 0 heterocycles. The van der Waals surface area contributed by atoms with Gasteiger partial charge in [-0.2, -0.15) is 0 Å². The van der Waals surface area contributed by atoms with Crippen molar-refractivity contribution in [2.75, 3.05) is 5.32 Å². The third kappa shape index (κ3) is 4.61. The summed E-state index contributed by atoms with van der Waals surface area (Å²) in [6.07, 6.45) is -0.798. The van der Waals surface area contributed by atoms with E-state index >= 15 is 0 Å². The van der Waals surface area contributed by atoms with Gasteiger partial charge in [0.25, 0.3) is 5.91 Å². The number of halogens is 2. The van der Waals surface area contributed by atoms with E-state index in [2.05, 4.69) is 5.32 Å². The number of amides is 1. The standard InChI is InChI=1S/C16H13Cl2NO4/c1-9(23-14-7-4-11(17)8-13(14)18)15(20)19-12-5-2-10(3-6-12)16(21)22/h2-9H,1H3,(H,19,20)(H,21,22). The minimum Gasteiger partial charge on any atom is -0.479 e.